The van der Waals surface area contributed by atoms with E-state index in [1.807, 2.05) is 13.8 Å². The molecule has 0 radical (unpaired) electrons. The van der Waals surface area contributed by atoms with E-state index in [-0.39, 0.29) is 23.2 Å². The molecular formula is C24H32FN3O3S. The van der Waals surface area contributed by atoms with E-state index < -0.39 is 15.4 Å². The zero-order valence-corrected chi connectivity index (χ0v) is 20.0. The number of hydrogen-bond acceptors (Lipinski definition) is 4. The number of carbonyl (C=O) groups excluding carboxylic acids is 1. The van der Waals surface area contributed by atoms with Crippen LogP contribution in [0.4, 0.5) is 10.1 Å². The summed E-state index contributed by atoms with van der Waals surface area (Å²) in [7, 11) is -0.761. The second kappa shape index (κ2) is 9.58. The van der Waals surface area contributed by atoms with Crippen molar-refractivity contribution in [1.29, 1.82) is 0 Å². The first-order chi connectivity index (χ1) is 15.0. The Labute approximate surface area is 190 Å². The summed E-state index contributed by atoms with van der Waals surface area (Å²) < 4.78 is 40.8. The van der Waals surface area contributed by atoms with Gasteiger partial charge in [0.2, 0.25) is 10.0 Å². The molecule has 1 aliphatic rings. The molecule has 2 aromatic rings. The van der Waals surface area contributed by atoms with Crippen LogP contribution < -0.4 is 10.2 Å². The molecule has 0 bridgehead atoms. The SMILES string of the molecule is CN(C)S(=O)(=O)c1ccc(N2CCCCC2)c(C(=O)NCC(C)(C)c2ccccc2F)c1. The smallest absolute Gasteiger partial charge is 0.253 e. The lowest BCUT2D eigenvalue weighted by Gasteiger charge is -2.31. The van der Waals surface area contributed by atoms with Crippen LogP contribution in [-0.4, -0.2) is 52.4 Å². The number of sulfonamides is 1. The minimum Gasteiger partial charge on any atom is -0.371 e. The van der Waals surface area contributed by atoms with E-state index in [0.29, 0.717) is 11.1 Å². The molecule has 1 aliphatic heterocycles. The van der Waals surface area contributed by atoms with Gasteiger partial charge < -0.3 is 10.2 Å². The maximum atomic E-state index is 14.3. The van der Waals surface area contributed by atoms with Crippen LogP contribution in [0.25, 0.3) is 0 Å². The number of piperidine rings is 1. The molecule has 32 heavy (non-hydrogen) atoms. The third kappa shape index (κ3) is 5.13. The molecule has 0 atom stereocenters. The number of benzene rings is 2. The molecule has 1 saturated heterocycles. The molecule has 2 aromatic carbocycles. The van der Waals surface area contributed by atoms with Gasteiger partial charge in [-0.1, -0.05) is 32.0 Å². The third-order valence-corrected chi connectivity index (χ3v) is 7.79. The van der Waals surface area contributed by atoms with E-state index >= 15 is 0 Å². The van der Waals surface area contributed by atoms with E-state index in [0.717, 1.165) is 42.3 Å². The van der Waals surface area contributed by atoms with Crippen molar-refractivity contribution >= 4 is 21.6 Å². The van der Waals surface area contributed by atoms with Crippen molar-refractivity contribution in [2.24, 2.45) is 0 Å². The predicted molar refractivity (Wildman–Crippen MR) is 125 cm³/mol. The van der Waals surface area contributed by atoms with Gasteiger partial charge in [-0.15, -0.1) is 0 Å². The fourth-order valence-electron chi connectivity index (χ4n) is 3.98. The van der Waals surface area contributed by atoms with Crippen LogP contribution in [-0.2, 0) is 15.4 Å². The van der Waals surface area contributed by atoms with Crippen molar-refractivity contribution in [3.8, 4) is 0 Å². The Morgan fingerprint density at radius 3 is 2.38 bits per heavy atom. The molecule has 0 unspecified atom stereocenters. The van der Waals surface area contributed by atoms with E-state index in [1.54, 1.807) is 30.3 Å². The van der Waals surface area contributed by atoms with Gasteiger partial charge in [-0.3, -0.25) is 4.79 Å². The summed E-state index contributed by atoms with van der Waals surface area (Å²) in [6.07, 6.45) is 3.19. The second-order valence-electron chi connectivity index (χ2n) is 9.06. The third-order valence-electron chi connectivity index (χ3n) is 5.98. The van der Waals surface area contributed by atoms with Crippen LogP contribution >= 0.6 is 0 Å². The fourth-order valence-corrected chi connectivity index (χ4v) is 4.91. The first-order valence-corrected chi connectivity index (χ1v) is 12.3. The fraction of sp³-hybridized carbons (Fsp3) is 0.458. The molecule has 174 valence electrons. The number of anilines is 1. The molecule has 0 saturated carbocycles. The van der Waals surface area contributed by atoms with Crippen molar-refractivity contribution in [3.63, 3.8) is 0 Å². The Hall–Kier alpha value is -2.45. The van der Waals surface area contributed by atoms with Crippen molar-refractivity contribution < 1.29 is 17.6 Å². The lowest BCUT2D eigenvalue weighted by atomic mass is 9.84. The number of nitrogens with zero attached hydrogens (tertiary/aromatic N) is 2. The van der Waals surface area contributed by atoms with E-state index in [2.05, 4.69) is 10.2 Å². The predicted octanol–water partition coefficient (Wildman–Crippen LogP) is 3.77. The second-order valence-corrected chi connectivity index (χ2v) is 11.2. The lowest BCUT2D eigenvalue weighted by Crippen LogP contribution is -2.38. The standard InChI is InChI=1S/C24H32FN3O3S/c1-24(2,20-10-6-7-11-21(20)25)17-26-23(29)19-16-18(32(30,31)27(3)4)12-13-22(19)28-14-8-5-9-15-28/h6-7,10-13,16H,5,8-9,14-15,17H2,1-4H3,(H,26,29). The Morgan fingerprint density at radius 1 is 1.09 bits per heavy atom. The van der Waals surface area contributed by atoms with Gasteiger partial charge in [0.1, 0.15) is 5.82 Å². The summed E-state index contributed by atoms with van der Waals surface area (Å²) in [5.74, 6) is -0.689. The molecule has 1 fully saturated rings. The number of rotatable bonds is 7. The minimum atomic E-state index is -3.69. The molecule has 1 N–H and O–H groups in total. The van der Waals surface area contributed by atoms with Crippen LogP contribution in [0.1, 0.15) is 49.0 Å². The van der Waals surface area contributed by atoms with Gasteiger partial charge in [0.05, 0.1) is 10.5 Å². The zero-order chi connectivity index (χ0) is 23.5. The molecule has 0 spiro atoms. The van der Waals surface area contributed by atoms with Crippen molar-refractivity contribution in [2.75, 3.05) is 38.6 Å². The van der Waals surface area contributed by atoms with Crippen LogP contribution in [0.2, 0.25) is 0 Å². The molecule has 8 heteroatoms. The van der Waals surface area contributed by atoms with E-state index in [9.17, 15) is 17.6 Å². The van der Waals surface area contributed by atoms with Crippen LogP contribution in [0.5, 0.6) is 0 Å². The van der Waals surface area contributed by atoms with E-state index in [4.69, 9.17) is 0 Å². The summed E-state index contributed by atoms with van der Waals surface area (Å²) in [5, 5.41) is 2.91. The molecule has 0 aromatic heterocycles. The Balaban J connectivity index is 1.92. The minimum absolute atomic E-state index is 0.0711. The normalized spacial score (nSPS) is 15.1. The van der Waals surface area contributed by atoms with Gasteiger partial charge in [-0.25, -0.2) is 17.1 Å². The first-order valence-electron chi connectivity index (χ1n) is 10.9. The maximum Gasteiger partial charge on any atom is 0.253 e. The maximum absolute atomic E-state index is 14.3. The van der Waals surface area contributed by atoms with Crippen LogP contribution in [0.15, 0.2) is 47.4 Å². The molecular weight excluding hydrogens is 429 g/mol. The highest BCUT2D eigenvalue weighted by Crippen LogP contribution is 2.29. The number of nitrogens with one attached hydrogen (secondary N) is 1. The Morgan fingerprint density at radius 2 is 1.75 bits per heavy atom. The summed E-state index contributed by atoms with van der Waals surface area (Å²) in [6, 6.07) is 11.2. The number of hydrogen-bond donors (Lipinski definition) is 1. The van der Waals surface area contributed by atoms with Crippen molar-refractivity contribution in [2.45, 2.75) is 43.4 Å². The quantitative estimate of drug-likeness (QED) is 0.681. The summed E-state index contributed by atoms with van der Waals surface area (Å²) in [6.45, 7) is 5.58. The van der Waals surface area contributed by atoms with Crippen LogP contribution in [0, 0.1) is 5.82 Å². The average Bonchev–Trinajstić information content (AvgIpc) is 2.77. The van der Waals surface area contributed by atoms with Gasteiger partial charge in [0.15, 0.2) is 0 Å². The van der Waals surface area contributed by atoms with Crippen molar-refractivity contribution in [3.05, 3.63) is 59.4 Å². The first kappa shape index (κ1) is 24.2. The van der Waals surface area contributed by atoms with Crippen LogP contribution in [0.3, 0.4) is 0 Å². The molecule has 0 aliphatic carbocycles. The summed E-state index contributed by atoms with van der Waals surface area (Å²) in [5.41, 5.74) is 0.919. The highest BCUT2D eigenvalue weighted by atomic mass is 32.2. The van der Waals surface area contributed by atoms with E-state index in [1.165, 1.54) is 26.2 Å². The van der Waals surface area contributed by atoms with Gasteiger partial charge in [0, 0.05) is 44.8 Å². The number of halogens is 1. The molecule has 1 amide bonds. The monoisotopic (exact) mass is 461 g/mol. The Bertz CT molecular complexity index is 1080. The van der Waals surface area contributed by atoms with Gasteiger partial charge in [-0.05, 0) is 49.1 Å². The van der Waals surface area contributed by atoms with Gasteiger partial charge >= 0.3 is 0 Å². The zero-order valence-electron chi connectivity index (χ0n) is 19.2. The van der Waals surface area contributed by atoms with Crippen molar-refractivity contribution in [1.82, 2.24) is 9.62 Å². The number of carbonyl (C=O) groups is 1. The Kier molecular flexibility index (Phi) is 7.25. The highest BCUT2D eigenvalue weighted by molar-refractivity contribution is 7.89. The largest absolute Gasteiger partial charge is 0.371 e. The molecule has 6 nitrogen and oxygen atoms in total. The van der Waals surface area contributed by atoms with Gasteiger partial charge in [-0.2, -0.15) is 0 Å². The lowest BCUT2D eigenvalue weighted by molar-refractivity contribution is 0.0945. The summed E-state index contributed by atoms with van der Waals surface area (Å²) in [4.78, 5) is 15.5. The highest BCUT2D eigenvalue weighted by Gasteiger charge is 2.27. The van der Waals surface area contributed by atoms with Gasteiger partial charge in [0.25, 0.3) is 5.91 Å². The molecule has 1 heterocycles. The average molecular weight is 462 g/mol. The molecule has 3 rings (SSSR count). The summed E-state index contributed by atoms with van der Waals surface area (Å²) >= 11 is 0. The number of amides is 1. The topological polar surface area (TPSA) is 69.7 Å².